The van der Waals surface area contributed by atoms with Gasteiger partial charge in [-0.3, -0.25) is 4.79 Å². The molecule has 4 aliphatic rings. The molecule has 0 saturated heterocycles. The molecule has 0 unspecified atom stereocenters. The van der Waals surface area contributed by atoms with Crippen molar-refractivity contribution in [3.8, 4) is 0 Å². The average molecular weight is 321 g/mol. The number of Topliss-reactive ketones (excluding diaryl/α,β-unsaturated/α-hetero) is 1. The van der Waals surface area contributed by atoms with Crippen LogP contribution in [0.25, 0.3) is 0 Å². The first-order valence-electron chi connectivity index (χ1n) is 11.4. The number of carbonyl (C=O) groups is 1. The molecule has 0 aromatic heterocycles. The zero-order valence-electron chi connectivity index (χ0n) is 18.4. The summed E-state index contributed by atoms with van der Waals surface area (Å²) in [6.07, 6.45) is 8.55. The van der Waals surface area contributed by atoms with Crippen LogP contribution in [-0.4, -0.2) is 17.0 Å². The Morgan fingerprint density at radius 3 is 2.87 bits per heavy atom. The Morgan fingerprint density at radius 2 is 2.09 bits per heavy atom. The number of fused-ring (bicyclic) bond motifs is 5. The van der Waals surface area contributed by atoms with E-state index in [-0.39, 0.29) is 17.4 Å². The van der Waals surface area contributed by atoms with Crippen LogP contribution in [0, 0.1) is 34.5 Å². The minimum atomic E-state index is -2.69. The van der Waals surface area contributed by atoms with Gasteiger partial charge in [0, 0.05) is 11.4 Å². The summed E-state index contributed by atoms with van der Waals surface area (Å²) in [4.78, 5) is 12.7. The van der Waals surface area contributed by atoms with Crippen LogP contribution in [0.1, 0.15) is 77.5 Å². The van der Waals surface area contributed by atoms with E-state index < -0.39 is 23.9 Å². The molecule has 2 nitrogen and oxygen atoms in total. The molecule has 4 aliphatic carbocycles. The minimum Gasteiger partial charge on any atom is -0.393 e. The van der Waals surface area contributed by atoms with Gasteiger partial charge in [0.25, 0.3) is 0 Å². The fraction of sp³-hybridized carbons (Fsp3) is 0.857. The van der Waals surface area contributed by atoms with Crippen LogP contribution in [0.4, 0.5) is 0 Å². The van der Waals surface area contributed by atoms with Crippen molar-refractivity contribution in [2.45, 2.75) is 78.2 Å². The molecule has 4 rings (SSSR count). The van der Waals surface area contributed by atoms with Crippen molar-refractivity contribution in [2.75, 3.05) is 0 Å². The topological polar surface area (TPSA) is 37.3 Å². The summed E-state index contributed by atoms with van der Waals surface area (Å²) in [5.41, 5.74) is 0.972. The Hall–Kier alpha value is -0.630. The van der Waals surface area contributed by atoms with E-state index >= 15 is 0 Å². The highest BCUT2D eigenvalue weighted by molar-refractivity contribution is 5.79. The normalized spacial score (nSPS) is 58.5. The van der Waals surface area contributed by atoms with E-state index in [4.69, 9.17) is 5.48 Å². The standard InChI is InChI=1S/C21H32O2/c1-13(22)17-6-7-18-16-5-4-14-12-15(23)8-10-20(14,2)19(16)9-11-21(17,18)3/h4,15-19,23H,5-12H2,1-3H3/t15-,16-,17+,18-,19-,20-,21+/m0/s1/i1D3,17D. The summed E-state index contributed by atoms with van der Waals surface area (Å²) in [6, 6.07) is 0. The first-order valence-corrected chi connectivity index (χ1v) is 9.36. The fourth-order valence-corrected chi connectivity index (χ4v) is 6.83. The molecule has 128 valence electrons. The van der Waals surface area contributed by atoms with E-state index in [2.05, 4.69) is 13.0 Å². The second-order valence-corrected chi connectivity index (χ2v) is 8.96. The SMILES string of the molecule is [2H]C([2H])([2H])C(=O)[C@@]1([2H])CC[C@H]2[C@@H]3CC=C4C[C@@H](O)CC[C@]4(C)[C@H]3CC[C@@]21C. The highest BCUT2D eigenvalue weighted by Gasteiger charge is 2.59. The van der Waals surface area contributed by atoms with Crippen molar-refractivity contribution in [1.82, 2.24) is 0 Å². The summed E-state index contributed by atoms with van der Waals surface area (Å²) in [5, 5.41) is 10.1. The molecule has 23 heavy (non-hydrogen) atoms. The Bertz CT molecular complexity index is 686. The van der Waals surface area contributed by atoms with Crippen LogP contribution in [0.15, 0.2) is 11.6 Å². The quantitative estimate of drug-likeness (QED) is 0.722. The van der Waals surface area contributed by atoms with Gasteiger partial charge in [-0.1, -0.05) is 25.5 Å². The van der Waals surface area contributed by atoms with Crippen molar-refractivity contribution in [3.63, 3.8) is 0 Å². The second-order valence-electron chi connectivity index (χ2n) is 8.96. The fourth-order valence-electron chi connectivity index (χ4n) is 6.83. The molecule has 0 heterocycles. The number of allylic oxidation sites excluding steroid dienone is 1. The molecule has 3 saturated carbocycles. The van der Waals surface area contributed by atoms with Gasteiger partial charge in [0.05, 0.1) is 6.10 Å². The van der Waals surface area contributed by atoms with Gasteiger partial charge in [-0.05, 0) is 86.8 Å². The van der Waals surface area contributed by atoms with Gasteiger partial charge in [-0.25, -0.2) is 0 Å². The summed E-state index contributed by atoms with van der Waals surface area (Å²) in [6.45, 7) is 1.67. The monoisotopic (exact) mass is 320 g/mol. The molecule has 3 fully saturated rings. The zero-order chi connectivity index (χ0) is 19.8. The molecule has 0 aliphatic heterocycles. The number of hydrogen-bond acceptors (Lipinski definition) is 2. The van der Waals surface area contributed by atoms with E-state index in [0.717, 1.165) is 44.9 Å². The molecule has 0 amide bonds. The molecule has 0 radical (unpaired) electrons. The maximum Gasteiger partial charge on any atom is 0.133 e. The predicted molar refractivity (Wildman–Crippen MR) is 91.9 cm³/mol. The van der Waals surface area contributed by atoms with Crippen molar-refractivity contribution >= 4 is 5.78 Å². The minimum absolute atomic E-state index is 0.116. The highest BCUT2D eigenvalue weighted by Crippen LogP contribution is 2.66. The van der Waals surface area contributed by atoms with Crippen molar-refractivity contribution < 1.29 is 15.4 Å². The molecule has 1 N–H and O–H groups in total. The number of carbonyl (C=O) groups excluding carboxylic acids is 1. The van der Waals surface area contributed by atoms with E-state index in [9.17, 15) is 9.90 Å². The van der Waals surface area contributed by atoms with Gasteiger partial charge in [0.1, 0.15) is 5.78 Å². The Labute approximate surface area is 146 Å². The van der Waals surface area contributed by atoms with Crippen molar-refractivity contribution in [3.05, 3.63) is 11.6 Å². The van der Waals surface area contributed by atoms with Gasteiger partial charge >= 0.3 is 0 Å². The summed E-state index contributed by atoms with van der Waals surface area (Å²) >= 11 is 0. The lowest BCUT2D eigenvalue weighted by molar-refractivity contribution is -0.127. The molecule has 0 spiro atoms. The van der Waals surface area contributed by atoms with Crippen LogP contribution >= 0.6 is 0 Å². The number of rotatable bonds is 1. The van der Waals surface area contributed by atoms with Gasteiger partial charge in [0.15, 0.2) is 0 Å². The Balaban J connectivity index is 1.68. The predicted octanol–water partition coefficient (Wildman–Crippen LogP) is 4.52. The molecule has 0 aromatic rings. The van der Waals surface area contributed by atoms with E-state index in [0.29, 0.717) is 18.3 Å². The lowest BCUT2D eigenvalue weighted by Gasteiger charge is -2.57. The van der Waals surface area contributed by atoms with E-state index in [1.54, 1.807) is 0 Å². The number of hydrogen-bond donors (Lipinski definition) is 1. The maximum atomic E-state index is 12.7. The molecule has 7 atom stereocenters. The van der Waals surface area contributed by atoms with Gasteiger partial charge in [0.2, 0.25) is 0 Å². The first-order chi connectivity index (χ1) is 12.4. The Morgan fingerprint density at radius 1 is 1.26 bits per heavy atom. The van der Waals surface area contributed by atoms with Gasteiger partial charge < -0.3 is 5.11 Å². The largest absolute Gasteiger partial charge is 0.393 e. The third kappa shape index (κ3) is 2.13. The average Bonchev–Trinajstić information content (AvgIpc) is 2.86. The molecular formula is C21H32O2. The van der Waals surface area contributed by atoms with Crippen LogP contribution in [-0.2, 0) is 4.79 Å². The third-order valence-electron chi connectivity index (χ3n) is 8.14. The molecular weight excluding hydrogens is 284 g/mol. The number of aliphatic hydroxyl groups is 1. The molecule has 0 aromatic carbocycles. The van der Waals surface area contributed by atoms with E-state index in [1.165, 1.54) is 5.57 Å². The van der Waals surface area contributed by atoms with Gasteiger partial charge in [-0.2, -0.15) is 0 Å². The van der Waals surface area contributed by atoms with E-state index in [1.807, 2.05) is 6.92 Å². The van der Waals surface area contributed by atoms with Crippen LogP contribution in [0.5, 0.6) is 0 Å². The lowest BCUT2D eigenvalue weighted by Crippen LogP contribution is -2.50. The summed E-state index contributed by atoms with van der Waals surface area (Å²) < 4.78 is 31.8. The number of aliphatic hydroxyl groups excluding tert-OH is 1. The maximum absolute atomic E-state index is 12.7. The molecule has 2 heteroatoms. The smallest absolute Gasteiger partial charge is 0.133 e. The first kappa shape index (κ1) is 11.8. The molecule has 0 bridgehead atoms. The summed E-state index contributed by atoms with van der Waals surface area (Å²) in [7, 11) is 0. The second kappa shape index (κ2) is 5.18. The number of ketones is 1. The highest BCUT2D eigenvalue weighted by atomic mass is 16.3. The van der Waals surface area contributed by atoms with Crippen LogP contribution in [0.2, 0.25) is 0 Å². The summed E-state index contributed by atoms with van der Waals surface area (Å²) in [5.74, 6) is -1.15. The lowest BCUT2D eigenvalue weighted by atomic mass is 9.47. The van der Waals surface area contributed by atoms with Crippen LogP contribution in [0.3, 0.4) is 0 Å². The van der Waals surface area contributed by atoms with Crippen LogP contribution < -0.4 is 0 Å². The zero-order valence-corrected chi connectivity index (χ0v) is 14.4. The van der Waals surface area contributed by atoms with Gasteiger partial charge in [-0.15, -0.1) is 0 Å². The Kier molecular flexibility index (Phi) is 2.67. The van der Waals surface area contributed by atoms with Crippen molar-refractivity contribution in [2.24, 2.45) is 34.5 Å². The third-order valence-corrected chi connectivity index (χ3v) is 8.14. The van der Waals surface area contributed by atoms with Crippen molar-refractivity contribution in [1.29, 1.82) is 0 Å².